The van der Waals surface area contributed by atoms with Gasteiger partial charge in [0.05, 0.1) is 0 Å². The lowest BCUT2D eigenvalue weighted by Crippen LogP contribution is -2.30. The number of ether oxygens (including phenoxy) is 2. The van der Waals surface area contributed by atoms with Gasteiger partial charge >= 0.3 is 0 Å². The quantitative estimate of drug-likeness (QED) is 0.478. The maximum Gasteiger partial charge on any atom is 0.0466 e. The Hall–Kier alpha value is -0.120. The third-order valence-corrected chi connectivity index (χ3v) is 4.52. The number of hydrogen-bond acceptors (Lipinski definition) is 3. The van der Waals surface area contributed by atoms with Gasteiger partial charge in [0.25, 0.3) is 0 Å². The normalized spacial score (nSPS) is 17.4. The van der Waals surface area contributed by atoms with Gasteiger partial charge in [-0.3, -0.25) is 0 Å². The van der Waals surface area contributed by atoms with Crippen LogP contribution in [0.25, 0.3) is 0 Å². The van der Waals surface area contributed by atoms with E-state index in [4.69, 9.17) is 9.47 Å². The SMILES string of the molecule is CCOCCCCCOCCCCCC1CCN(C)CC1. The van der Waals surface area contributed by atoms with Crippen molar-refractivity contribution >= 4 is 0 Å². The first-order valence-electron chi connectivity index (χ1n) is 9.17. The summed E-state index contributed by atoms with van der Waals surface area (Å²) in [5.41, 5.74) is 0. The zero-order valence-electron chi connectivity index (χ0n) is 14.4. The van der Waals surface area contributed by atoms with E-state index in [1.807, 2.05) is 0 Å². The molecule has 0 N–H and O–H groups in total. The van der Waals surface area contributed by atoms with Crippen molar-refractivity contribution in [1.82, 2.24) is 4.90 Å². The van der Waals surface area contributed by atoms with E-state index in [0.717, 1.165) is 32.3 Å². The second-order valence-electron chi connectivity index (χ2n) is 6.47. The van der Waals surface area contributed by atoms with Crippen LogP contribution in [0.2, 0.25) is 0 Å². The lowest BCUT2D eigenvalue weighted by atomic mass is 9.91. The van der Waals surface area contributed by atoms with Crippen molar-refractivity contribution in [2.24, 2.45) is 5.92 Å². The van der Waals surface area contributed by atoms with Gasteiger partial charge in [0, 0.05) is 26.4 Å². The van der Waals surface area contributed by atoms with Crippen molar-refractivity contribution in [3.8, 4) is 0 Å². The van der Waals surface area contributed by atoms with Crippen molar-refractivity contribution in [2.45, 2.75) is 64.7 Å². The fourth-order valence-electron chi connectivity index (χ4n) is 3.00. The van der Waals surface area contributed by atoms with Crippen LogP contribution >= 0.6 is 0 Å². The monoisotopic (exact) mass is 299 g/mol. The Bertz CT molecular complexity index is 215. The molecule has 0 aromatic rings. The van der Waals surface area contributed by atoms with Crippen LogP contribution < -0.4 is 0 Å². The molecule has 0 aromatic carbocycles. The summed E-state index contributed by atoms with van der Waals surface area (Å²) in [7, 11) is 2.24. The molecule has 126 valence electrons. The van der Waals surface area contributed by atoms with Crippen LogP contribution in [-0.4, -0.2) is 51.5 Å². The highest BCUT2D eigenvalue weighted by atomic mass is 16.5. The Morgan fingerprint density at radius 2 is 1.38 bits per heavy atom. The first kappa shape index (κ1) is 18.9. The van der Waals surface area contributed by atoms with E-state index in [9.17, 15) is 0 Å². The lowest BCUT2D eigenvalue weighted by molar-refractivity contribution is 0.116. The molecule has 21 heavy (non-hydrogen) atoms. The van der Waals surface area contributed by atoms with Crippen molar-refractivity contribution in [1.29, 1.82) is 0 Å². The number of rotatable bonds is 13. The summed E-state index contributed by atoms with van der Waals surface area (Å²) >= 11 is 0. The van der Waals surface area contributed by atoms with E-state index in [-0.39, 0.29) is 0 Å². The summed E-state index contributed by atoms with van der Waals surface area (Å²) in [5, 5.41) is 0. The summed E-state index contributed by atoms with van der Waals surface area (Å²) in [5.74, 6) is 0.993. The molecule has 0 radical (unpaired) electrons. The minimum atomic E-state index is 0.841. The summed E-state index contributed by atoms with van der Waals surface area (Å²) < 4.78 is 11.0. The van der Waals surface area contributed by atoms with Gasteiger partial charge < -0.3 is 14.4 Å². The summed E-state index contributed by atoms with van der Waals surface area (Å²) in [6, 6.07) is 0. The molecule has 3 heteroatoms. The van der Waals surface area contributed by atoms with Gasteiger partial charge in [-0.1, -0.05) is 19.3 Å². The number of nitrogens with zero attached hydrogens (tertiary/aromatic N) is 1. The Balaban J connectivity index is 1.73. The Labute approximate surface area is 132 Å². The van der Waals surface area contributed by atoms with Crippen molar-refractivity contribution < 1.29 is 9.47 Å². The third kappa shape index (κ3) is 11.1. The first-order chi connectivity index (χ1) is 10.3. The molecule has 0 unspecified atom stereocenters. The number of piperidine rings is 1. The number of unbranched alkanes of at least 4 members (excludes halogenated alkanes) is 4. The summed E-state index contributed by atoms with van der Waals surface area (Å²) in [6.07, 6.45) is 11.8. The van der Waals surface area contributed by atoms with Crippen molar-refractivity contribution in [3.05, 3.63) is 0 Å². The van der Waals surface area contributed by atoms with Gasteiger partial charge in [0.2, 0.25) is 0 Å². The highest BCUT2D eigenvalue weighted by Crippen LogP contribution is 2.21. The molecule has 0 bridgehead atoms. The molecule has 3 nitrogen and oxygen atoms in total. The van der Waals surface area contributed by atoms with Gasteiger partial charge in [-0.25, -0.2) is 0 Å². The zero-order valence-corrected chi connectivity index (χ0v) is 14.4. The van der Waals surface area contributed by atoms with E-state index in [2.05, 4.69) is 18.9 Å². The van der Waals surface area contributed by atoms with Gasteiger partial charge in [-0.2, -0.15) is 0 Å². The standard InChI is InChI=1S/C18H37NO2/c1-3-20-15-8-5-9-17-21-16-7-4-6-10-18-11-13-19(2)14-12-18/h18H,3-17H2,1-2H3. The van der Waals surface area contributed by atoms with Gasteiger partial charge in [0.15, 0.2) is 0 Å². The number of likely N-dealkylation sites (tertiary alicyclic amines) is 1. The fourth-order valence-corrected chi connectivity index (χ4v) is 3.00. The highest BCUT2D eigenvalue weighted by Gasteiger charge is 2.15. The molecule has 1 aliphatic heterocycles. The van der Waals surface area contributed by atoms with Crippen LogP contribution in [0, 0.1) is 5.92 Å². The highest BCUT2D eigenvalue weighted by molar-refractivity contribution is 4.69. The van der Waals surface area contributed by atoms with Crippen LogP contribution in [0.1, 0.15) is 64.7 Å². The minimum Gasteiger partial charge on any atom is -0.382 e. The van der Waals surface area contributed by atoms with Crippen molar-refractivity contribution in [3.63, 3.8) is 0 Å². The van der Waals surface area contributed by atoms with Gasteiger partial charge in [-0.15, -0.1) is 0 Å². The summed E-state index contributed by atoms with van der Waals surface area (Å²) in [4.78, 5) is 2.46. The van der Waals surface area contributed by atoms with E-state index in [1.54, 1.807) is 0 Å². The maximum atomic E-state index is 5.70. The fraction of sp³-hybridized carbons (Fsp3) is 1.00. The van der Waals surface area contributed by atoms with Gasteiger partial charge in [0.1, 0.15) is 0 Å². The Kier molecular flexibility index (Phi) is 12.2. The van der Waals surface area contributed by atoms with Crippen LogP contribution in [0.4, 0.5) is 0 Å². The molecule has 0 aromatic heterocycles. The predicted octanol–water partition coefficient (Wildman–Crippen LogP) is 4.11. The molecule has 1 rings (SSSR count). The van der Waals surface area contributed by atoms with E-state index in [0.29, 0.717) is 0 Å². The molecule has 1 fully saturated rings. The lowest BCUT2D eigenvalue weighted by Gasteiger charge is -2.28. The average Bonchev–Trinajstić information content (AvgIpc) is 2.50. The summed E-state index contributed by atoms with van der Waals surface area (Å²) in [6.45, 7) is 8.30. The van der Waals surface area contributed by atoms with Gasteiger partial charge in [-0.05, 0) is 71.5 Å². The van der Waals surface area contributed by atoms with E-state index < -0.39 is 0 Å². The molecule has 1 heterocycles. The third-order valence-electron chi connectivity index (χ3n) is 4.52. The van der Waals surface area contributed by atoms with Crippen LogP contribution in [0.5, 0.6) is 0 Å². The molecule has 1 aliphatic rings. The van der Waals surface area contributed by atoms with Crippen LogP contribution in [-0.2, 0) is 9.47 Å². The smallest absolute Gasteiger partial charge is 0.0466 e. The van der Waals surface area contributed by atoms with E-state index >= 15 is 0 Å². The molecular formula is C18H37NO2. The molecule has 1 saturated heterocycles. The van der Waals surface area contributed by atoms with Crippen LogP contribution in [0.3, 0.4) is 0 Å². The second-order valence-corrected chi connectivity index (χ2v) is 6.47. The maximum absolute atomic E-state index is 5.70. The second kappa shape index (κ2) is 13.5. The molecular weight excluding hydrogens is 262 g/mol. The molecule has 0 saturated carbocycles. The Morgan fingerprint density at radius 3 is 2.00 bits per heavy atom. The molecule has 0 spiro atoms. The average molecular weight is 299 g/mol. The minimum absolute atomic E-state index is 0.841. The Morgan fingerprint density at radius 1 is 0.810 bits per heavy atom. The molecule has 0 atom stereocenters. The van der Waals surface area contributed by atoms with Crippen LogP contribution in [0.15, 0.2) is 0 Å². The largest absolute Gasteiger partial charge is 0.382 e. The topological polar surface area (TPSA) is 21.7 Å². The van der Waals surface area contributed by atoms with E-state index in [1.165, 1.54) is 70.9 Å². The zero-order chi connectivity index (χ0) is 15.2. The molecule has 0 aliphatic carbocycles. The molecule has 0 amide bonds. The predicted molar refractivity (Wildman–Crippen MR) is 89.9 cm³/mol. The number of hydrogen-bond donors (Lipinski definition) is 0. The first-order valence-corrected chi connectivity index (χ1v) is 9.17. The van der Waals surface area contributed by atoms with Crippen molar-refractivity contribution in [2.75, 3.05) is 46.6 Å².